The highest BCUT2D eigenvalue weighted by atomic mass is 16.2. The van der Waals surface area contributed by atoms with Crippen LogP contribution < -0.4 is 15.1 Å². The third-order valence-electron chi connectivity index (χ3n) is 5.59. The summed E-state index contributed by atoms with van der Waals surface area (Å²) < 4.78 is 0. The van der Waals surface area contributed by atoms with Gasteiger partial charge in [-0.25, -0.2) is 4.79 Å². The zero-order valence-electron chi connectivity index (χ0n) is 18.0. The molecule has 6 nitrogen and oxygen atoms in total. The Morgan fingerprint density at radius 1 is 0.967 bits per heavy atom. The number of carbonyl (C=O) groups is 2. The standard InChI is InChI=1S/C24H32N4O2/c1-3-26(22-8-5-4-6-9-22)15-7-14-25-24(30)28-18-16-27(17-19-28)23-12-10-21(11-13-23)20(2)29/h4-6,8-13H,3,7,14-19H2,1-2H3,(H,25,30). The molecule has 0 aliphatic carbocycles. The van der Waals surface area contributed by atoms with Gasteiger partial charge < -0.3 is 20.0 Å². The fourth-order valence-corrected chi connectivity index (χ4v) is 3.76. The van der Waals surface area contributed by atoms with Gasteiger partial charge in [-0.15, -0.1) is 0 Å². The monoisotopic (exact) mass is 408 g/mol. The molecule has 0 radical (unpaired) electrons. The van der Waals surface area contributed by atoms with E-state index in [1.165, 1.54) is 5.69 Å². The summed E-state index contributed by atoms with van der Waals surface area (Å²) in [5, 5.41) is 3.06. The van der Waals surface area contributed by atoms with Crippen LogP contribution in [0.1, 0.15) is 30.6 Å². The van der Waals surface area contributed by atoms with E-state index in [4.69, 9.17) is 0 Å². The van der Waals surface area contributed by atoms with E-state index in [9.17, 15) is 9.59 Å². The van der Waals surface area contributed by atoms with E-state index < -0.39 is 0 Å². The fraction of sp³-hybridized carbons (Fsp3) is 0.417. The van der Waals surface area contributed by atoms with Crippen LogP contribution in [0, 0.1) is 0 Å². The molecule has 1 saturated heterocycles. The van der Waals surface area contributed by atoms with Gasteiger partial charge in [0, 0.05) is 62.8 Å². The van der Waals surface area contributed by atoms with Crippen LogP contribution in [0.15, 0.2) is 54.6 Å². The molecular weight excluding hydrogens is 376 g/mol. The van der Waals surface area contributed by atoms with Crippen molar-refractivity contribution >= 4 is 23.2 Å². The van der Waals surface area contributed by atoms with Crippen molar-refractivity contribution in [2.24, 2.45) is 0 Å². The normalized spacial score (nSPS) is 13.8. The molecule has 2 aromatic rings. The van der Waals surface area contributed by atoms with Gasteiger partial charge in [-0.1, -0.05) is 18.2 Å². The molecule has 1 N–H and O–H groups in total. The van der Waals surface area contributed by atoms with E-state index in [0.717, 1.165) is 43.9 Å². The second-order valence-corrected chi connectivity index (χ2v) is 7.58. The zero-order chi connectivity index (χ0) is 21.3. The number of amides is 2. The van der Waals surface area contributed by atoms with Gasteiger partial charge in [0.25, 0.3) is 0 Å². The van der Waals surface area contributed by atoms with Crippen molar-refractivity contribution in [1.29, 1.82) is 0 Å². The second-order valence-electron chi connectivity index (χ2n) is 7.58. The van der Waals surface area contributed by atoms with Gasteiger partial charge in [0.05, 0.1) is 0 Å². The maximum Gasteiger partial charge on any atom is 0.317 e. The maximum atomic E-state index is 12.5. The highest BCUT2D eigenvalue weighted by molar-refractivity contribution is 5.94. The molecule has 1 fully saturated rings. The minimum atomic E-state index is 0.0179. The number of anilines is 2. The summed E-state index contributed by atoms with van der Waals surface area (Å²) in [5.41, 5.74) is 3.05. The smallest absolute Gasteiger partial charge is 0.317 e. The molecule has 2 amide bonds. The van der Waals surface area contributed by atoms with E-state index in [0.29, 0.717) is 19.6 Å². The quantitative estimate of drug-likeness (QED) is 0.535. The summed E-state index contributed by atoms with van der Waals surface area (Å²) in [6, 6.07) is 18.1. The molecule has 2 aromatic carbocycles. The number of hydrogen-bond acceptors (Lipinski definition) is 4. The van der Waals surface area contributed by atoms with Gasteiger partial charge in [-0.05, 0) is 56.7 Å². The van der Waals surface area contributed by atoms with Crippen LogP contribution >= 0.6 is 0 Å². The Morgan fingerprint density at radius 3 is 2.23 bits per heavy atom. The van der Waals surface area contributed by atoms with Crippen LogP contribution in [0.5, 0.6) is 0 Å². The van der Waals surface area contributed by atoms with Crippen LogP contribution in [0.3, 0.4) is 0 Å². The van der Waals surface area contributed by atoms with Gasteiger partial charge in [0.2, 0.25) is 0 Å². The molecule has 160 valence electrons. The highest BCUT2D eigenvalue weighted by Gasteiger charge is 2.21. The molecular formula is C24H32N4O2. The summed E-state index contributed by atoms with van der Waals surface area (Å²) in [4.78, 5) is 30.4. The molecule has 0 spiro atoms. The Kier molecular flexibility index (Phi) is 7.71. The van der Waals surface area contributed by atoms with Crippen molar-refractivity contribution in [2.75, 3.05) is 55.6 Å². The second kappa shape index (κ2) is 10.7. The third-order valence-corrected chi connectivity index (χ3v) is 5.59. The molecule has 0 unspecified atom stereocenters. The number of nitrogens with one attached hydrogen (secondary N) is 1. The van der Waals surface area contributed by atoms with Crippen molar-refractivity contribution in [1.82, 2.24) is 10.2 Å². The molecule has 1 heterocycles. The zero-order valence-corrected chi connectivity index (χ0v) is 18.0. The van der Waals surface area contributed by atoms with Crippen molar-refractivity contribution in [2.45, 2.75) is 20.3 Å². The van der Waals surface area contributed by atoms with Crippen LogP contribution in [-0.2, 0) is 0 Å². The Hall–Kier alpha value is -3.02. The van der Waals surface area contributed by atoms with Crippen molar-refractivity contribution in [3.63, 3.8) is 0 Å². The van der Waals surface area contributed by atoms with E-state index in [1.807, 2.05) is 35.2 Å². The van der Waals surface area contributed by atoms with E-state index >= 15 is 0 Å². The molecule has 3 rings (SSSR count). The van der Waals surface area contributed by atoms with Crippen LogP contribution in [0.4, 0.5) is 16.2 Å². The van der Waals surface area contributed by atoms with E-state index in [2.05, 4.69) is 46.3 Å². The number of urea groups is 1. The Bertz CT molecular complexity index is 815. The molecule has 0 aromatic heterocycles. The average molecular weight is 409 g/mol. The minimum absolute atomic E-state index is 0.0179. The number of benzene rings is 2. The lowest BCUT2D eigenvalue weighted by Crippen LogP contribution is -2.52. The van der Waals surface area contributed by atoms with Crippen LogP contribution in [-0.4, -0.2) is 62.5 Å². The van der Waals surface area contributed by atoms with Gasteiger partial charge >= 0.3 is 6.03 Å². The van der Waals surface area contributed by atoms with Crippen molar-refractivity contribution in [3.8, 4) is 0 Å². The SMILES string of the molecule is CCN(CCCNC(=O)N1CCN(c2ccc(C(C)=O)cc2)CC1)c1ccccc1. The molecule has 6 heteroatoms. The molecule has 0 bridgehead atoms. The average Bonchev–Trinajstić information content (AvgIpc) is 2.79. The molecule has 1 aliphatic rings. The number of Topliss-reactive ketones (excluding diaryl/α,β-unsaturated/α-hetero) is 1. The number of hydrogen-bond donors (Lipinski definition) is 1. The summed E-state index contributed by atoms with van der Waals surface area (Å²) in [6.07, 6.45) is 0.914. The Labute approximate surface area is 179 Å². The van der Waals surface area contributed by atoms with Crippen molar-refractivity contribution in [3.05, 3.63) is 60.2 Å². The van der Waals surface area contributed by atoms with Gasteiger partial charge in [-0.2, -0.15) is 0 Å². The van der Waals surface area contributed by atoms with Gasteiger partial charge in [0.1, 0.15) is 0 Å². The third kappa shape index (κ3) is 5.75. The molecule has 30 heavy (non-hydrogen) atoms. The number of ketones is 1. The topological polar surface area (TPSA) is 55.9 Å². The first kappa shape index (κ1) is 21.7. The van der Waals surface area contributed by atoms with Crippen LogP contribution in [0.2, 0.25) is 0 Å². The van der Waals surface area contributed by atoms with E-state index in [-0.39, 0.29) is 11.8 Å². The van der Waals surface area contributed by atoms with E-state index in [1.54, 1.807) is 6.92 Å². The predicted molar refractivity (Wildman–Crippen MR) is 123 cm³/mol. The first-order valence-corrected chi connectivity index (χ1v) is 10.8. The molecule has 0 saturated carbocycles. The lowest BCUT2D eigenvalue weighted by atomic mass is 10.1. The lowest BCUT2D eigenvalue weighted by molar-refractivity contribution is 0.101. The lowest BCUT2D eigenvalue weighted by Gasteiger charge is -2.36. The number of carbonyl (C=O) groups excluding carboxylic acids is 2. The summed E-state index contributed by atoms with van der Waals surface area (Å²) in [7, 11) is 0. The Morgan fingerprint density at radius 2 is 1.63 bits per heavy atom. The summed E-state index contributed by atoms with van der Waals surface area (Å²) >= 11 is 0. The number of rotatable bonds is 8. The number of nitrogens with zero attached hydrogens (tertiary/aromatic N) is 3. The molecule has 0 atom stereocenters. The van der Waals surface area contributed by atoms with Gasteiger partial charge in [0.15, 0.2) is 5.78 Å². The van der Waals surface area contributed by atoms with Crippen molar-refractivity contribution < 1.29 is 9.59 Å². The maximum absolute atomic E-state index is 12.5. The fourth-order valence-electron chi connectivity index (χ4n) is 3.76. The highest BCUT2D eigenvalue weighted by Crippen LogP contribution is 2.18. The Balaban J connectivity index is 1.38. The van der Waals surface area contributed by atoms with Crippen LogP contribution in [0.25, 0.3) is 0 Å². The summed E-state index contributed by atoms with van der Waals surface area (Å²) in [6.45, 7) is 9.27. The summed E-state index contributed by atoms with van der Waals surface area (Å²) in [5.74, 6) is 0.0777. The molecule has 1 aliphatic heterocycles. The minimum Gasteiger partial charge on any atom is -0.372 e. The first-order valence-electron chi connectivity index (χ1n) is 10.8. The number of para-hydroxylation sites is 1. The largest absolute Gasteiger partial charge is 0.372 e. The predicted octanol–water partition coefficient (Wildman–Crippen LogP) is 3.64. The number of piperazine rings is 1. The van der Waals surface area contributed by atoms with Gasteiger partial charge in [-0.3, -0.25) is 4.79 Å². The first-order chi connectivity index (χ1) is 14.6.